The zero-order valence-electron chi connectivity index (χ0n) is 11.8. The normalized spacial score (nSPS) is 11.7. The summed E-state index contributed by atoms with van der Waals surface area (Å²) in [4.78, 5) is 11.3. The SMILES string of the molecule is Cc1ccc(F)c(-n2nnc(C(=O)O)c2C(C)(C)C)c1. The van der Waals surface area contributed by atoms with Gasteiger partial charge in [-0.25, -0.2) is 13.9 Å². The number of aromatic carboxylic acids is 1. The van der Waals surface area contributed by atoms with Crippen molar-refractivity contribution >= 4 is 5.97 Å². The first-order chi connectivity index (χ1) is 9.21. The summed E-state index contributed by atoms with van der Waals surface area (Å²) in [5.41, 5.74) is 0.740. The van der Waals surface area contributed by atoms with E-state index >= 15 is 0 Å². The van der Waals surface area contributed by atoms with E-state index in [0.29, 0.717) is 5.69 Å². The molecule has 0 bridgehead atoms. The van der Waals surface area contributed by atoms with Crippen LogP contribution in [-0.4, -0.2) is 26.1 Å². The van der Waals surface area contributed by atoms with E-state index in [1.807, 2.05) is 27.7 Å². The van der Waals surface area contributed by atoms with Crippen molar-refractivity contribution in [3.05, 3.63) is 41.0 Å². The van der Waals surface area contributed by atoms with Crippen molar-refractivity contribution in [2.24, 2.45) is 0 Å². The smallest absolute Gasteiger partial charge is 0.358 e. The van der Waals surface area contributed by atoms with E-state index in [1.54, 1.807) is 12.1 Å². The van der Waals surface area contributed by atoms with E-state index in [1.165, 1.54) is 10.7 Å². The van der Waals surface area contributed by atoms with Gasteiger partial charge < -0.3 is 5.11 Å². The minimum absolute atomic E-state index is 0.154. The van der Waals surface area contributed by atoms with Gasteiger partial charge in [-0.15, -0.1) is 5.10 Å². The molecule has 20 heavy (non-hydrogen) atoms. The molecule has 6 heteroatoms. The molecule has 2 rings (SSSR count). The molecule has 0 saturated heterocycles. The number of carbonyl (C=O) groups is 1. The monoisotopic (exact) mass is 277 g/mol. The van der Waals surface area contributed by atoms with Crippen LogP contribution < -0.4 is 0 Å². The molecule has 1 N–H and O–H groups in total. The van der Waals surface area contributed by atoms with Crippen molar-refractivity contribution in [1.82, 2.24) is 15.0 Å². The minimum Gasteiger partial charge on any atom is -0.476 e. The fourth-order valence-corrected chi connectivity index (χ4v) is 2.05. The lowest BCUT2D eigenvalue weighted by Gasteiger charge is -2.20. The van der Waals surface area contributed by atoms with E-state index < -0.39 is 17.2 Å². The fraction of sp³-hybridized carbons (Fsp3) is 0.357. The summed E-state index contributed by atoms with van der Waals surface area (Å²) < 4.78 is 15.3. The quantitative estimate of drug-likeness (QED) is 0.916. The average Bonchev–Trinajstić information content (AvgIpc) is 2.76. The number of nitrogens with zero attached hydrogens (tertiary/aromatic N) is 3. The van der Waals surface area contributed by atoms with Crippen LogP contribution in [0.5, 0.6) is 0 Å². The number of carboxylic acid groups (broad SMARTS) is 1. The van der Waals surface area contributed by atoms with Gasteiger partial charge in [-0.1, -0.05) is 32.1 Å². The molecule has 0 radical (unpaired) electrons. The van der Waals surface area contributed by atoms with Crippen LogP contribution in [0.1, 0.15) is 42.5 Å². The van der Waals surface area contributed by atoms with E-state index in [9.17, 15) is 14.3 Å². The Morgan fingerprint density at radius 1 is 1.35 bits per heavy atom. The van der Waals surface area contributed by atoms with Crippen LogP contribution in [0.25, 0.3) is 5.69 Å². The Bertz CT molecular complexity index is 672. The molecule has 1 heterocycles. The lowest BCUT2D eigenvalue weighted by molar-refractivity contribution is 0.0687. The molecule has 0 spiro atoms. The first-order valence-electron chi connectivity index (χ1n) is 6.18. The van der Waals surface area contributed by atoms with Crippen LogP contribution in [-0.2, 0) is 5.41 Å². The third-order valence-electron chi connectivity index (χ3n) is 2.91. The molecule has 1 aromatic carbocycles. The Labute approximate surface area is 116 Å². The number of rotatable bonds is 2. The second-order valence-corrected chi connectivity index (χ2v) is 5.71. The highest BCUT2D eigenvalue weighted by Crippen LogP contribution is 2.28. The predicted octanol–water partition coefficient (Wildman–Crippen LogP) is 2.71. The summed E-state index contributed by atoms with van der Waals surface area (Å²) in [6.07, 6.45) is 0. The third-order valence-corrected chi connectivity index (χ3v) is 2.91. The van der Waals surface area contributed by atoms with Crippen molar-refractivity contribution in [2.45, 2.75) is 33.1 Å². The maximum atomic E-state index is 14.0. The fourth-order valence-electron chi connectivity index (χ4n) is 2.05. The van der Waals surface area contributed by atoms with Gasteiger partial charge in [0.05, 0.1) is 5.69 Å². The summed E-state index contributed by atoms with van der Waals surface area (Å²) in [7, 11) is 0. The van der Waals surface area contributed by atoms with Gasteiger partial charge in [0.25, 0.3) is 0 Å². The van der Waals surface area contributed by atoms with E-state index in [2.05, 4.69) is 10.3 Å². The van der Waals surface area contributed by atoms with E-state index in [-0.39, 0.29) is 11.4 Å². The molecular weight excluding hydrogens is 261 g/mol. The van der Waals surface area contributed by atoms with Gasteiger partial charge in [-0.2, -0.15) is 0 Å². The summed E-state index contributed by atoms with van der Waals surface area (Å²) in [5, 5.41) is 16.7. The van der Waals surface area contributed by atoms with Crippen LogP contribution in [0.3, 0.4) is 0 Å². The zero-order valence-corrected chi connectivity index (χ0v) is 11.8. The molecule has 106 valence electrons. The third kappa shape index (κ3) is 2.41. The van der Waals surface area contributed by atoms with Gasteiger partial charge in [0.1, 0.15) is 11.5 Å². The molecule has 0 aliphatic carbocycles. The molecule has 0 aliphatic rings. The molecule has 0 saturated carbocycles. The van der Waals surface area contributed by atoms with Crippen LogP contribution >= 0.6 is 0 Å². The van der Waals surface area contributed by atoms with Gasteiger partial charge in [0, 0.05) is 5.41 Å². The number of benzene rings is 1. The number of halogens is 1. The number of hydrogen-bond donors (Lipinski definition) is 1. The number of aromatic nitrogens is 3. The molecule has 0 amide bonds. The van der Waals surface area contributed by atoms with Gasteiger partial charge in [0.15, 0.2) is 5.69 Å². The van der Waals surface area contributed by atoms with Gasteiger partial charge in [-0.05, 0) is 24.6 Å². The van der Waals surface area contributed by atoms with E-state index in [0.717, 1.165) is 5.56 Å². The number of aryl methyl sites for hydroxylation is 1. The molecule has 2 aromatic rings. The molecule has 1 aromatic heterocycles. The lowest BCUT2D eigenvalue weighted by atomic mass is 9.90. The highest BCUT2D eigenvalue weighted by Gasteiger charge is 2.30. The van der Waals surface area contributed by atoms with Crippen LogP contribution in [0.15, 0.2) is 18.2 Å². The first kappa shape index (κ1) is 14.2. The topological polar surface area (TPSA) is 68.0 Å². The van der Waals surface area contributed by atoms with Crippen LogP contribution in [0.4, 0.5) is 4.39 Å². The molecule has 0 unspecified atom stereocenters. The number of hydrogen-bond acceptors (Lipinski definition) is 3. The summed E-state index contributed by atoms with van der Waals surface area (Å²) in [6, 6.07) is 4.59. The Kier molecular flexibility index (Phi) is 3.33. The average molecular weight is 277 g/mol. The van der Waals surface area contributed by atoms with Gasteiger partial charge >= 0.3 is 5.97 Å². The van der Waals surface area contributed by atoms with Crippen molar-refractivity contribution in [2.75, 3.05) is 0 Å². The van der Waals surface area contributed by atoms with Crippen molar-refractivity contribution in [1.29, 1.82) is 0 Å². The Hall–Kier alpha value is -2.24. The first-order valence-corrected chi connectivity index (χ1v) is 6.18. The summed E-state index contributed by atoms with van der Waals surface area (Å²) >= 11 is 0. The second-order valence-electron chi connectivity index (χ2n) is 5.71. The molecule has 5 nitrogen and oxygen atoms in total. The second kappa shape index (κ2) is 4.70. The standard InChI is InChI=1S/C14H16FN3O2/c1-8-5-6-9(15)10(7-8)18-12(14(2,3)4)11(13(19)20)16-17-18/h5-7H,1-4H3,(H,19,20). The highest BCUT2D eigenvalue weighted by atomic mass is 19.1. The Balaban J connectivity index is 2.75. The van der Waals surface area contributed by atoms with E-state index in [4.69, 9.17) is 0 Å². The molecule has 0 fully saturated rings. The molecule has 0 aliphatic heterocycles. The van der Waals surface area contributed by atoms with Gasteiger partial charge in [0.2, 0.25) is 0 Å². The van der Waals surface area contributed by atoms with Gasteiger partial charge in [-0.3, -0.25) is 0 Å². The molecule has 0 atom stereocenters. The number of carboxylic acids is 1. The Morgan fingerprint density at radius 2 is 2.00 bits per heavy atom. The largest absolute Gasteiger partial charge is 0.476 e. The van der Waals surface area contributed by atoms with Crippen LogP contribution in [0.2, 0.25) is 0 Å². The summed E-state index contributed by atoms with van der Waals surface area (Å²) in [6.45, 7) is 7.34. The summed E-state index contributed by atoms with van der Waals surface area (Å²) in [5.74, 6) is -1.64. The van der Waals surface area contributed by atoms with Crippen molar-refractivity contribution < 1.29 is 14.3 Å². The lowest BCUT2D eigenvalue weighted by Crippen LogP contribution is -2.21. The maximum Gasteiger partial charge on any atom is 0.358 e. The minimum atomic E-state index is -1.17. The highest BCUT2D eigenvalue weighted by molar-refractivity contribution is 5.87. The zero-order chi connectivity index (χ0) is 15.1. The molecular formula is C14H16FN3O2. The Morgan fingerprint density at radius 3 is 2.55 bits per heavy atom. The van der Waals surface area contributed by atoms with Crippen LogP contribution in [0, 0.1) is 12.7 Å². The van der Waals surface area contributed by atoms with Crippen molar-refractivity contribution in [3.8, 4) is 5.69 Å². The maximum absolute atomic E-state index is 14.0. The predicted molar refractivity (Wildman–Crippen MR) is 71.7 cm³/mol. The van der Waals surface area contributed by atoms with Crippen molar-refractivity contribution in [3.63, 3.8) is 0 Å².